The molecule has 1 fully saturated rings. The molecule has 0 bridgehead atoms. The van der Waals surface area contributed by atoms with E-state index in [1.807, 2.05) is 0 Å². The van der Waals surface area contributed by atoms with Crippen LogP contribution in [0.3, 0.4) is 0 Å². The molecule has 1 saturated carbocycles. The molecule has 56 valence electrons. The topological polar surface area (TPSA) is 66.4 Å². The summed E-state index contributed by atoms with van der Waals surface area (Å²) in [6.07, 6.45) is 2.19. The molecular weight excluding hydrogens is 134 g/mol. The van der Waals surface area contributed by atoms with E-state index in [1.54, 1.807) is 0 Å². The van der Waals surface area contributed by atoms with Crippen LogP contribution in [0.2, 0.25) is 0 Å². The van der Waals surface area contributed by atoms with Crippen molar-refractivity contribution in [2.24, 2.45) is 0 Å². The molecule has 4 nitrogen and oxygen atoms in total. The molecule has 0 spiro atoms. The molecule has 0 radical (unpaired) electrons. The Hall–Kier alpha value is -1.06. The highest BCUT2D eigenvalue weighted by atomic mass is 16.4. The van der Waals surface area contributed by atoms with Crippen molar-refractivity contribution in [1.82, 2.24) is 5.32 Å². The summed E-state index contributed by atoms with van der Waals surface area (Å²) in [4.78, 5) is 20.1. The minimum Gasteiger partial charge on any atom is -0.481 e. The average Bonchev–Trinajstić information content (AvgIpc) is 2.47. The van der Waals surface area contributed by atoms with E-state index in [2.05, 4.69) is 5.32 Å². The maximum absolute atomic E-state index is 10.2. The lowest BCUT2D eigenvalue weighted by Crippen LogP contribution is -2.32. The quantitative estimate of drug-likeness (QED) is 0.533. The lowest BCUT2D eigenvalue weighted by atomic mass is 10.2. The molecule has 0 unspecified atom stereocenters. The molecule has 0 aromatic carbocycles. The van der Waals surface area contributed by atoms with Crippen molar-refractivity contribution >= 4 is 12.4 Å². The van der Waals surface area contributed by atoms with Crippen LogP contribution < -0.4 is 5.32 Å². The van der Waals surface area contributed by atoms with Crippen LogP contribution in [0.25, 0.3) is 0 Å². The Kier molecular flexibility index (Phi) is 1.61. The molecule has 1 rings (SSSR count). The van der Waals surface area contributed by atoms with Crippen LogP contribution in [0.1, 0.15) is 19.3 Å². The van der Waals surface area contributed by atoms with Crippen molar-refractivity contribution in [3.63, 3.8) is 0 Å². The molecule has 1 aliphatic rings. The molecular formula is C6H9NO3. The van der Waals surface area contributed by atoms with Crippen LogP contribution in [0.15, 0.2) is 0 Å². The van der Waals surface area contributed by atoms with Gasteiger partial charge in [-0.2, -0.15) is 0 Å². The van der Waals surface area contributed by atoms with Gasteiger partial charge in [0.1, 0.15) is 0 Å². The normalized spacial score (nSPS) is 19.6. The predicted molar refractivity (Wildman–Crippen MR) is 33.4 cm³/mol. The van der Waals surface area contributed by atoms with Gasteiger partial charge in [0.25, 0.3) is 0 Å². The molecule has 0 aromatic rings. The van der Waals surface area contributed by atoms with Crippen molar-refractivity contribution in [3.05, 3.63) is 0 Å². The molecule has 0 aliphatic heterocycles. The molecule has 10 heavy (non-hydrogen) atoms. The Balaban J connectivity index is 2.37. The van der Waals surface area contributed by atoms with E-state index in [4.69, 9.17) is 5.11 Å². The second-order valence-corrected chi connectivity index (χ2v) is 2.61. The van der Waals surface area contributed by atoms with Gasteiger partial charge in [0.15, 0.2) is 0 Å². The fourth-order valence-electron chi connectivity index (χ4n) is 0.938. The van der Waals surface area contributed by atoms with E-state index >= 15 is 0 Å². The number of aliphatic carboxylic acids is 1. The van der Waals surface area contributed by atoms with Crippen molar-refractivity contribution in [1.29, 1.82) is 0 Å². The number of carboxylic acids is 1. The highest BCUT2D eigenvalue weighted by Crippen LogP contribution is 2.37. The number of carbonyl (C=O) groups is 2. The van der Waals surface area contributed by atoms with Gasteiger partial charge in [-0.3, -0.25) is 9.59 Å². The summed E-state index contributed by atoms with van der Waals surface area (Å²) in [7, 11) is 0. The smallest absolute Gasteiger partial charge is 0.305 e. The third-order valence-corrected chi connectivity index (χ3v) is 1.71. The third-order valence-electron chi connectivity index (χ3n) is 1.71. The summed E-state index contributed by atoms with van der Waals surface area (Å²) < 4.78 is 0. The van der Waals surface area contributed by atoms with Crippen LogP contribution in [0.4, 0.5) is 0 Å². The molecule has 2 N–H and O–H groups in total. The standard InChI is InChI=1S/C6H9NO3/c8-4-7-6(1-2-6)3-5(9)10/h4H,1-3H2,(H,7,8)(H,9,10). The summed E-state index contributed by atoms with van der Waals surface area (Å²) in [5, 5.41) is 10.9. The van der Waals surface area contributed by atoms with Crippen LogP contribution in [-0.4, -0.2) is 23.0 Å². The van der Waals surface area contributed by atoms with Crippen LogP contribution in [-0.2, 0) is 9.59 Å². The van der Waals surface area contributed by atoms with E-state index < -0.39 is 11.5 Å². The number of nitrogens with one attached hydrogen (secondary N) is 1. The monoisotopic (exact) mass is 143 g/mol. The van der Waals surface area contributed by atoms with Gasteiger partial charge in [-0.25, -0.2) is 0 Å². The van der Waals surface area contributed by atoms with Crippen molar-refractivity contribution in [2.75, 3.05) is 0 Å². The van der Waals surface area contributed by atoms with E-state index in [1.165, 1.54) is 0 Å². The summed E-state index contributed by atoms with van der Waals surface area (Å²) >= 11 is 0. The summed E-state index contributed by atoms with van der Waals surface area (Å²) in [5.41, 5.74) is -0.395. The number of hydrogen-bond acceptors (Lipinski definition) is 2. The molecule has 0 aromatic heterocycles. The zero-order valence-corrected chi connectivity index (χ0v) is 5.46. The average molecular weight is 143 g/mol. The summed E-state index contributed by atoms with van der Waals surface area (Å²) in [6, 6.07) is 0. The Morgan fingerprint density at radius 3 is 2.60 bits per heavy atom. The van der Waals surface area contributed by atoms with Gasteiger partial charge in [-0.05, 0) is 12.8 Å². The predicted octanol–water partition coefficient (Wildman–Crippen LogP) is -0.260. The van der Waals surface area contributed by atoms with E-state index in [9.17, 15) is 9.59 Å². The van der Waals surface area contributed by atoms with Gasteiger partial charge in [0.2, 0.25) is 6.41 Å². The summed E-state index contributed by atoms with van der Waals surface area (Å²) in [5.74, 6) is -0.855. The van der Waals surface area contributed by atoms with E-state index in [0.717, 1.165) is 12.8 Å². The second-order valence-electron chi connectivity index (χ2n) is 2.61. The number of amides is 1. The van der Waals surface area contributed by atoms with Crippen LogP contribution in [0.5, 0.6) is 0 Å². The Morgan fingerprint density at radius 1 is 1.70 bits per heavy atom. The first kappa shape index (κ1) is 7.05. The minimum absolute atomic E-state index is 0.0474. The molecule has 0 heterocycles. The maximum atomic E-state index is 10.2. The number of hydrogen-bond donors (Lipinski definition) is 2. The Bertz CT molecular complexity index is 162. The van der Waals surface area contributed by atoms with Crippen LogP contribution >= 0.6 is 0 Å². The van der Waals surface area contributed by atoms with Gasteiger partial charge >= 0.3 is 5.97 Å². The maximum Gasteiger partial charge on any atom is 0.305 e. The first-order chi connectivity index (χ1) is 4.68. The molecule has 4 heteroatoms. The fraction of sp³-hybridized carbons (Fsp3) is 0.667. The lowest BCUT2D eigenvalue weighted by molar-refractivity contribution is -0.137. The largest absolute Gasteiger partial charge is 0.481 e. The van der Waals surface area contributed by atoms with Crippen molar-refractivity contribution in [3.8, 4) is 0 Å². The zero-order valence-electron chi connectivity index (χ0n) is 5.46. The Morgan fingerprint density at radius 2 is 2.30 bits per heavy atom. The summed E-state index contributed by atoms with van der Waals surface area (Å²) in [6.45, 7) is 0. The number of carboxylic acid groups (broad SMARTS) is 1. The van der Waals surface area contributed by atoms with Crippen molar-refractivity contribution in [2.45, 2.75) is 24.8 Å². The molecule has 1 aliphatic carbocycles. The van der Waals surface area contributed by atoms with Gasteiger partial charge in [-0.1, -0.05) is 0 Å². The first-order valence-corrected chi connectivity index (χ1v) is 3.12. The molecule has 1 amide bonds. The number of rotatable bonds is 4. The zero-order chi connectivity index (χ0) is 7.61. The minimum atomic E-state index is -0.855. The number of carbonyl (C=O) groups excluding carboxylic acids is 1. The second kappa shape index (κ2) is 2.28. The fourth-order valence-corrected chi connectivity index (χ4v) is 0.938. The van der Waals surface area contributed by atoms with Crippen LogP contribution in [0, 0.1) is 0 Å². The first-order valence-electron chi connectivity index (χ1n) is 3.12. The third kappa shape index (κ3) is 1.46. The SMILES string of the molecule is O=CNC1(CC(=O)O)CC1. The highest BCUT2D eigenvalue weighted by Gasteiger charge is 2.44. The molecule has 0 saturated heterocycles. The van der Waals surface area contributed by atoms with Gasteiger partial charge < -0.3 is 10.4 Å². The lowest BCUT2D eigenvalue weighted by Gasteiger charge is -2.08. The Labute approximate surface area is 58.2 Å². The van der Waals surface area contributed by atoms with Gasteiger partial charge in [0.05, 0.1) is 12.0 Å². The van der Waals surface area contributed by atoms with Gasteiger partial charge in [-0.15, -0.1) is 0 Å². The highest BCUT2D eigenvalue weighted by molar-refractivity contribution is 5.70. The van der Waals surface area contributed by atoms with Crippen molar-refractivity contribution < 1.29 is 14.7 Å². The molecule has 0 atom stereocenters. The van der Waals surface area contributed by atoms with E-state index in [-0.39, 0.29) is 6.42 Å². The van der Waals surface area contributed by atoms with E-state index in [0.29, 0.717) is 6.41 Å². The van der Waals surface area contributed by atoms with Gasteiger partial charge in [0, 0.05) is 0 Å².